The predicted octanol–water partition coefficient (Wildman–Crippen LogP) is 0.330. The molecule has 0 radical (unpaired) electrons. The minimum atomic E-state index is -3.73. The summed E-state index contributed by atoms with van der Waals surface area (Å²) in [4.78, 5) is 0.141. The second-order valence-electron chi connectivity index (χ2n) is 5.41. The molecule has 118 valence electrons. The van der Waals surface area contributed by atoms with Crippen LogP contribution in [0, 0.1) is 0 Å². The lowest BCUT2D eigenvalue weighted by atomic mass is 9.91. The van der Waals surface area contributed by atoms with Gasteiger partial charge in [-0.2, -0.15) is 0 Å². The molecule has 3 N–H and O–H groups in total. The normalized spacial score (nSPS) is 20.2. The molecule has 1 fully saturated rings. The molecule has 0 unspecified atom stereocenters. The molecule has 0 saturated heterocycles. The van der Waals surface area contributed by atoms with E-state index in [1.807, 2.05) is 0 Å². The molecular formula is C11H22N2O4S3. The number of nitrogens with one attached hydrogen (secondary N) is 1. The zero-order valence-electron chi connectivity index (χ0n) is 11.6. The summed E-state index contributed by atoms with van der Waals surface area (Å²) in [7, 11) is -7.06. The van der Waals surface area contributed by atoms with Crippen LogP contribution in [0.25, 0.3) is 0 Å². The van der Waals surface area contributed by atoms with E-state index in [1.54, 1.807) is 0 Å². The van der Waals surface area contributed by atoms with Gasteiger partial charge in [-0.3, -0.25) is 0 Å². The Hall–Kier alpha value is -0.250. The molecule has 0 bridgehead atoms. The Balaban J connectivity index is 2.86. The van der Waals surface area contributed by atoms with E-state index >= 15 is 0 Å². The lowest BCUT2D eigenvalue weighted by Gasteiger charge is -2.32. The van der Waals surface area contributed by atoms with Crippen molar-refractivity contribution in [3.8, 4) is 0 Å². The Kier molecular flexibility index (Phi) is 5.94. The summed E-state index contributed by atoms with van der Waals surface area (Å²) in [5.41, 5.74) is 4.85. The summed E-state index contributed by atoms with van der Waals surface area (Å²) in [6, 6.07) is 0. The van der Waals surface area contributed by atoms with Crippen molar-refractivity contribution >= 4 is 37.1 Å². The van der Waals surface area contributed by atoms with Gasteiger partial charge in [0.15, 0.2) is 0 Å². The molecular weight excluding hydrogens is 320 g/mol. The molecule has 0 aromatic rings. The largest absolute Gasteiger partial charge is 0.392 e. The number of rotatable bonds is 6. The van der Waals surface area contributed by atoms with Crippen LogP contribution >= 0.6 is 12.2 Å². The fourth-order valence-electron chi connectivity index (χ4n) is 2.34. The van der Waals surface area contributed by atoms with E-state index in [0.717, 1.165) is 31.9 Å². The Morgan fingerprint density at radius 2 is 1.60 bits per heavy atom. The topological polar surface area (TPSA) is 106 Å². The molecule has 0 aromatic carbocycles. The zero-order chi connectivity index (χ0) is 15.4. The van der Waals surface area contributed by atoms with Gasteiger partial charge < -0.3 is 5.73 Å². The molecule has 6 nitrogen and oxygen atoms in total. The second kappa shape index (κ2) is 6.67. The molecule has 1 rings (SSSR count). The number of sulfone groups is 1. The van der Waals surface area contributed by atoms with Crippen LogP contribution in [0.4, 0.5) is 0 Å². The Morgan fingerprint density at radius 3 is 2.00 bits per heavy atom. The lowest BCUT2D eigenvalue weighted by Crippen LogP contribution is -2.57. The fraction of sp³-hybridized carbons (Fsp3) is 0.909. The summed E-state index contributed by atoms with van der Waals surface area (Å²) in [5.74, 6) is -0.869. The van der Waals surface area contributed by atoms with Crippen molar-refractivity contribution in [2.45, 2.75) is 44.1 Å². The van der Waals surface area contributed by atoms with E-state index in [4.69, 9.17) is 18.0 Å². The zero-order valence-corrected chi connectivity index (χ0v) is 14.0. The second-order valence-corrected chi connectivity index (χ2v) is 9.95. The Bertz CT molecular complexity index is 546. The summed E-state index contributed by atoms with van der Waals surface area (Å²) in [6.45, 7) is 0. The predicted molar refractivity (Wildman–Crippen MR) is 83.9 cm³/mol. The van der Waals surface area contributed by atoms with Crippen LogP contribution in [-0.2, 0) is 19.9 Å². The van der Waals surface area contributed by atoms with E-state index < -0.39 is 36.9 Å². The minimum Gasteiger partial charge on any atom is -0.392 e. The first-order valence-electron chi connectivity index (χ1n) is 6.56. The van der Waals surface area contributed by atoms with Crippen molar-refractivity contribution < 1.29 is 16.8 Å². The lowest BCUT2D eigenvalue weighted by molar-refractivity contribution is 0.441. The highest BCUT2D eigenvalue weighted by Gasteiger charge is 2.37. The first-order valence-corrected chi connectivity index (χ1v) is 10.7. The molecule has 1 aliphatic rings. The highest BCUT2D eigenvalue weighted by atomic mass is 32.2. The molecule has 9 heteroatoms. The van der Waals surface area contributed by atoms with Crippen LogP contribution in [0.15, 0.2) is 0 Å². The van der Waals surface area contributed by atoms with Gasteiger partial charge in [-0.1, -0.05) is 37.9 Å². The first-order chi connectivity index (χ1) is 9.06. The van der Waals surface area contributed by atoms with Gasteiger partial charge >= 0.3 is 0 Å². The third kappa shape index (κ3) is 5.63. The van der Waals surface area contributed by atoms with Gasteiger partial charge in [0.2, 0.25) is 10.0 Å². The number of hydrogen-bond donors (Lipinski definition) is 2. The maximum absolute atomic E-state index is 12.1. The van der Waals surface area contributed by atoms with Crippen molar-refractivity contribution in [3.05, 3.63) is 0 Å². The quantitative estimate of drug-likeness (QED) is 0.532. The van der Waals surface area contributed by atoms with Gasteiger partial charge in [0.25, 0.3) is 0 Å². The fourth-order valence-corrected chi connectivity index (χ4v) is 5.76. The molecule has 0 amide bonds. The summed E-state index contributed by atoms with van der Waals surface area (Å²) >= 11 is 5.05. The minimum absolute atomic E-state index is 0.141. The van der Waals surface area contributed by atoms with E-state index in [2.05, 4.69) is 4.72 Å². The highest BCUT2D eigenvalue weighted by molar-refractivity contribution is 7.93. The molecule has 0 spiro atoms. The van der Waals surface area contributed by atoms with Crippen molar-refractivity contribution in [1.29, 1.82) is 0 Å². The van der Waals surface area contributed by atoms with Crippen molar-refractivity contribution in [3.63, 3.8) is 0 Å². The van der Waals surface area contributed by atoms with E-state index in [1.165, 1.54) is 0 Å². The van der Waals surface area contributed by atoms with Crippen LogP contribution in [-0.4, -0.2) is 45.1 Å². The molecule has 0 aliphatic heterocycles. The van der Waals surface area contributed by atoms with Gasteiger partial charge in [-0.05, 0) is 12.8 Å². The van der Waals surface area contributed by atoms with E-state index in [9.17, 15) is 16.8 Å². The maximum atomic E-state index is 12.1. The van der Waals surface area contributed by atoms with Crippen LogP contribution in [0.2, 0.25) is 0 Å². The molecule has 0 aromatic heterocycles. The summed E-state index contributed by atoms with van der Waals surface area (Å²) in [5, 5.41) is 0. The third-order valence-electron chi connectivity index (χ3n) is 3.50. The van der Waals surface area contributed by atoms with Crippen LogP contribution in [0.1, 0.15) is 38.5 Å². The Labute approximate surface area is 126 Å². The van der Waals surface area contributed by atoms with Crippen molar-refractivity contribution in [1.82, 2.24) is 4.72 Å². The SMILES string of the molecule is CS(=O)(=O)CCS(=O)(=O)NC1(C(N)=S)CCCCCC1. The number of nitrogens with two attached hydrogens (primary N) is 1. The number of thiocarbonyl (C=S) groups is 1. The van der Waals surface area contributed by atoms with Crippen LogP contribution in [0.5, 0.6) is 0 Å². The monoisotopic (exact) mass is 342 g/mol. The van der Waals surface area contributed by atoms with Gasteiger partial charge in [0, 0.05) is 6.26 Å². The Morgan fingerprint density at radius 1 is 1.10 bits per heavy atom. The highest BCUT2D eigenvalue weighted by Crippen LogP contribution is 2.28. The smallest absolute Gasteiger partial charge is 0.213 e. The van der Waals surface area contributed by atoms with Crippen molar-refractivity contribution in [2.24, 2.45) is 5.73 Å². The summed E-state index contributed by atoms with van der Waals surface area (Å²) < 4.78 is 48.9. The molecule has 20 heavy (non-hydrogen) atoms. The number of hydrogen-bond acceptors (Lipinski definition) is 5. The molecule has 1 saturated carbocycles. The van der Waals surface area contributed by atoms with Gasteiger partial charge in [-0.25, -0.2) is 21.6 Å². The third-order valence-corrected chi connectivity index (χ3v) is 6.54. The van der Waals surface area contributed by atoms with Gasteiger partial charge in [0.1, 0.15) is 9.84 Å². The molecule has 1 aliphatic carbocycles. The average Bonchev–Trinajstić information content (AvgIpc) is 2.52. The van der Waals surface area contributed by atoms with Crippen LogP contribution < -0.4 is 10.5 Å². The standard InChI is InChI=1S/C11H22N2O4S3/c1-19(14,15)8-9-20(16,17)13-11(10(12)18)6-4-2-3-5-7-11/h13H,2-9H2,1H3,(H2,12,18). The molecule has 0 heterocycles. The van der Waals surface area contributed by atoms with Gasteiger partial charge in [-0.15, -0.1) is 0 Å². The van der Waals surface area contributed by atoms with Gasteiger partial charge in [0.05, 0.1) is 22.0 Å². The van der Waals surface area contributed by atoms with E-state index in [-0.39, 0.29) is 4.99 Å². The first kappa shape index (κ1) is 17.8. The summed E-state index contributed by atoms with van der Waals surface area (Å²) in [6.07, 6.45) is 5.90. The van der Waals surface area contributed by atoms with E-state index in [0.29, 0.717) is 12.8 Å². The van der Waals surface area contributed by atoms with Crippen molar-refractivity contribution in [2.75, 3.05) is 17.8 Å². The number of sulfonamides is 1. The maximum Gasteiger partial charge on any atom is 0.213 e. The van der Waals surface area contributed by atoms with Crippen LogP contribution in [0.3, 0.4) is 0 Å². The average molecular weight is 343 g/mol. The molecule has 0 atom stereocenters.